The van der Waals surface area contributed by atoms with Crippen LogP contribution in [0.3, 0.4) is 0 Å². The average Bonchev–Trinajstić information content (AvgIpc) is 3.47. The summed E-state index contributed by atoms with van der Waals surface area (Å²) in [4.78, 5) is 33.9. The topological polar surface area (TPSA) is 84.0 Å². The van der Waals surface area contributed by atoms with Crippen molar-refractivity contribution in [1.82, 2.24) is 20.6 Å². The quantitative estimate of drug-likeness (QED) is 0.723. The lowest BCUT2D eigenvalue weighted by Crippen LogP contribution is -2.42. The Kier molecular flexibility index (Phi) is 6.77. The summed E-state index contributed by atoms with van der Waals surface area (Å²) in [5, 5.41) is 9.27. The van der Waals surface area contributed by atoms with Crippen LogP contribution in [0.4, 0.5) is 0 Å². The van der Waals surface area contributed by atoms with Crippen LogP contribution in [0, 0.1) is 11.8 Å². The van der Waals surface area contributed by atoms with Crippen molar-refractivity contribution >= 4 is 23.2 Å². The Morgan fingerprint density at radius 3 is 2.50 bits per heavy atom. The molecule has 2 N–H and O–H groups in total. The van der Waals surface area contributed by atoms with Gasteiger partial charge in [-0.05, 0) is 57.6 Å². The summed E-state index contributed by atoms with van der Waals surface area (Å²) in [6, 6.07) is 3.98. The highest BCUT2D eigenvalue weighted by molar-refractivity contribution is 7.10. The summed E-state index contributed by atoms with van der Waals surface area (Å²) in [7, 11) is 0. The first kappa shape index (κ1) is 21.0. The maximum absolute atomic E-state index is 12.8. The van der Waals surface area contributed by atoms with Crippen molar-refractivity contribution in [3.8, 4) is 11.3 Å². The molecule has 2 heterocycles. The largest absolute Gasteiger partial charge is 0.353 e. The summed E-state index contributed by atoms with van der Waals surface area (Å²) in [5.41, 5.74) is 1.87. The van der Waals surface area contributed by atoms with Crippen LogP contribution in [0.25, 0.3) is 11.3 Å². The Labute approximate surface area is 181 Å². The highest BCUT2D eigenvalue weighted by Gasteiger charge is 2.30. The standard InChI is InChI=1S/C23H30N4O2S/c1-15(23-27-20(14-30-23)18-7-4-12-24-13-18)25-21(28)17-8-10-19(11-9-17)26-22(29)16-5-2-3-6-16/h4,7,12-17,19H,2-3,5-6,8-11H2,1H3,(H,25,28)(H,26,29). The Hall–Kier alpha value is -2.28. The second-order valence-corrected chi connectivity index (χ2v) is 9.47. The molecule has 160 valence electrons. The number of carbonyl (C=O) groups excluding carboxylic acids is 2. The number of rotatable bonds is 6. The van der Waals surface area contributed by atoms with Crippen molar-refractivity contribution in [1.29, 1.82) is 0 Å². The van der Waals surface area contributed by atoms with Gasteiger partial charge in [-0.25, -0.2) is 4.98 Å². The van der Waals surface area contributed by atoms with Crippen molar-refractivity contribution < 1.29 is 9.59 Å². The number of amides is 2. The van der Waals surface area contributed by atoms with E-state index in [-0.39, 0.29) is 35.7 Å². The van der Waals surface area contributed by atoms with E-state index in [1.807, 2.05) is 24.4 Å². The van der Waals surface area contributed by atoms with E-state index in [0.29, 0.717) is 0 Å². The fourth-order valence-corrected chi connectivity index (χ4v) is 5.37. The molecule has 0 aliphatic heterocycles. The zero-order chi connectivity index (χ0) is 20.9. The van der Waals surface area contributed by atoms with Gasteiger partial charge in [0.05, 0.1) is 11.7 Å². The van der Waals surface area contributed by atoms with Crippen LogP contribution in [0.2, 0.25) is 0 Å². The Morgan fingerprint density at radius 1 is 1.07 bits per heavy atom. The molecule has 2 fully saturated rings. The molecule has 0 radical (unpaired) electrons. The van der Waals surface area contributed by atoms with Crippen LogP contribution in [0.1, 0.15) is 69.3 Å². The van der Waals surface area contributed by atoms with Crippen LogP contribution in [-0.4, -0.2) is 27.8 Å². The van der Waals surface area contributed by atoms with Crippen LogP contribution in [0.5, 0.6) is 0 Å². The van der Waals surface area contributed by atoms with Crippen molar-refractivity contribution in [2.75, 3.05) is 0 Å². The normalized spacial score (nSPS) is 23.1. The van der Waals surface area contributed by atoms with Gasteiger partial charge in [-0.15, -0.1) is 11.3 Å². The van der Waals surface area contributed by atoms with Gasteiger partial charge in [0.15, 0.2) is 0 Å². The van der Waals surface area contributed by atoms with Crippen molar-refractivity contribution in [2.45, 2.75) is 70.4 Å². The Bertz CT molecular complexity index is 855. The van der Waals surface area contributed by atoms with E-state index in [1.54, 1.807) is 23.7 Å². The lowest BCUT2D eigenvalue weighted by molar-refractivity contribution is -0.127. The smallest absolute Gasteiger partial charge is 0.223 e. The molecule has 0 aromatic carbocycles. The number of hydrogen-bond acceptors (Lipinski definition) is 5. The molecule has 1 unspecified atom stereocenters. The highest BCUT2D eigenvalue weighted by atomic mass is 32.1. The molecule has 7 heteroatoms. The van der Waals surface area contributed by atoms with Crippen LogP contribution >= 0.6 is 11.3 Å². The molecule has 4 rings (SSSR count). The van der Waals surface area contributed by atoms with Crippen LogP contribution in [-0.2, 0) is 9.59 Å². The zero-order valence-electron chi connectivity index (χ0n) is 17.5. The minimum Gasteiger partial charge on any atom is -0.353 e. The van der Waals surface area contributed by atoms with E-state index < -0.39 is 0 Å². The molecule has 2 aliphatic carbocycles. The summed E-state index contributed by atoms with van der Waals surface area (Å²) in [6.07, 6.45) is 11.4. The van der Waals surface area contributed by atoms with E-state index in [9.17, 15) is 9.59 Å². The number of pyridine rings is 1. The van der Waals surface area contributed by atoms with E-state index in [2.05, 4.69) is 20.6 Å². The predicted octanol–water partition coefficient (Wildman–Crippen LogP) is 4.25. The second kappa shape index (κ2) is 9.69. The van der Waals surface area contributed by atoms with Gasteiger partial charge in [0.1, 0.15) is 5.01 Å². The molecule has 30 heavy (non-hydrogen) atoms. The van der Waals surface area contributed by atoms with Gasteiger partial charge in [-0.2, -0.15) is 0 Å². The van der Waals surface area contributed by atoms with Gasteiger partial charge < -0.3 is 10.6 Å². The van der Waals surface area contributed by atoms with Crippen LogP contribution < -0.4 is 10.6 Å². The maximum Gasteiger partial charge on any atom is 0.223 e. The molecule has 2 saturated carbocycles. The minimum atomic E-state index is -0.118. The molecule has 2 aromatic heterocycles. The van der Waals surface area contributed by atoms with Crippen molar-refractivity contribution in [3.05, 3.63) is 34.9 Å². The lowest BCUT2D eigenvalue weighted by Gasteiger charge is -2.29. The molecule has 0 spiro atoms. The minimum absolute atomic E-state index is 0.0184. The first-order valence-corrected chi connectivity index (χ1v) is 11.9. The number of aromatic nitrogens is 2. The van der Waals surface area contributed by atoms with Crippen molar-refractivity contribution in [3.63, 3.8) is 0 Å². The van der Waals surface area contributed by atoms with Gasteiger partial charge in [0.2, 0.25) is 11.8 Å². The molecule has 0 saturated heterocycles. The van der Waals surface area contributed by atoms with E-state index >= 15 is 0 Å². The third-order valence-electron chi connectivity index (χ3n) is 6.38. The molecule has 0 bridgehead atoms. The number of thiazole rings is 1. The molecular formula is C23H30N4O2S. The summed E-state index contributed by atoms with van der Waals surface area (Å²) in [6.45, 7) is 1.98. The van der Waals surface area contributed by atoms with Crippen LogP contribution in [0.15, 0.2) is 29.9 Å². The van der Waals surface area contributed by atoms with Gasteiger partial charge in [0, 0.05) is 41.2 Å². The first-order chi connectivity index (χ1) is 14.6. The SMILES string of the molecule is CC(NC(=O)C1CCC(NC(=O)C2CCCC2)CC1)c1nc(-c2cccnc2)cs1. The first-order valence-electron chi connectivity index (χ1n) is 11.1. The molecule has 2 amide bonds. The number of nitrogens with zero attached hydrogens (tertiary/aromatic N) is 2. The highest BCUT2D eigenvalue weighted by Crippen LogP contribution is 2.29. The number of hydrogen-bond donors (Lipinski definition) is 2. The van der Waals surface area contributed by atoms with Gasteiger partial charge in [0.25, 0.3) is 0 Å². The second-order valence-electron chi connectivity index (χ2n) is 8.58. The molecule has 1 atom stereocenters. The molecular weight excluding hydrogens is 396 g/mol. The zero-order valence-corrected chi connectivity index (χ0v) is 18.3. The van der Waals surface area contributed by atoms with E-state index in [4.69, 9.17) is 0 Å². The Balaban J connectivity index is 1.24. The van der Waals surface area contributed by atoms with Gasteiger partial charge >= 0.3 is 0 Å². The summed E-state index contributed by atoms with van der Waals surface area (Å²) in [5.74, 6) is 0.551. The fourth-order valence-electron chi connectivity index (χ4n) is 4.53. The fraction of sp³-hybridized carbons (Fsp3) is 0.565. The van der Waals surface area contributed by atoms with E-state index in [1.165, 1.54) is 12.8 Å². The lowest BCUT2D eigenvalue weighted by atomic mass is 9.85. The van der Waals surface area contributed by atoms with Gasteiger partial charge in [-0.3, -0.25) is 14.6 Å². The monoisotopic (exact) mass is 426 g/mol. The average molecular weight is 427 g/mol. The maximum atomic E-state index is 12.8. The summed E-state index contributed by atoms with van der Waals surface area (Å²) < 4.78 is 0. The van der Waals surface area contributed by atoms with Crippen molar-refractivity contribution in [2.24, 2.45) is 11.8 Å². The Morgan fingerprint density at radius 2 is 1.80 bits per heavy atom. The number of carbonyl (C=O) groups is 2. The number of nitrogens with one attached hydrogen (secondary N) is 2. The van der Waals surface area contributed by atoms with Gasteiger partial charge in [-0.1, -0.05) is 12.8 Å². The molecule has 2 aliphatic rings. The predicted molar refractivity (Wildman–Crippen MR) is 118 cm³/mol. The molecule has 2 aromatic rings. The summed E-state index contributed by atoms with van der Waals surface area (Å²) >= 11 is 1.56. The third-order valence-corrected chi connectivity index (χ3v) is 7.41. The molecule has 6 nitrogen and oxygen atoms in total. The third kappa shape index (κ3) is 5.06. The van der Waals surface area contributed by atoms with E-state index in [0.717, 1.165) is 54.8 Å².